The van der Waals surface area contributed by atoms with Crippen LogP contribution in [0.1, 0.15) is 45.9 Å². The first-order valence-electron chi connectivity index (χ1n) is 6.96. The fourth-order valence-corrected chi connectivity index (χ4v) is 2.36. The van der Waals surface area contributed by atoms with Crippen LogP contribution in [-0.2, 0) is 0 Å². The highest BCUT2D eigenvalue weighted by molar-refractivity contribution is 6.31. The molecule has 0 bridgehead atoms. The van der Waals surface area contributed by atoms with Gasteiger partial charge in [0.25, 0.3) is 0 Å². The molecule has 0 aliphatic rings. The van der Waals surface area contributed by atoms with Gasteiger partial charge in [0.05, 0.1) is 6.04 Å². The molecule has 0 saturated carbocycles. The van der Waals surface area contributed by atoms with E-state index in [0.29, 0.717) is 10.9 Å². The number of hydrazine groups is 1. The van der Waals surface area contributed by atoms with Gasteiger partial charge in [-0.15, -0.1) is 0 Å². The van der Waals surface area contributed by atoms with E-state index in [2.05, 4.69) is 33.1 Å². The molecular weight excluding hydrogens is 272 g/mol. The summed E-state index contributed by atoms with van der Waals surface area (Å²) in [7, 11) is 0. The third-order valence-electron chi connectivity index (χ3n) is 4.11. The van der Waals surface area contributed by atoms with Gasteiger partial charge in [-0.3, -0.25) is 5.84 Å². The number of halogens is 1. The van der Waals surface area contributed by atoms with E-state index in [4.69, 9.17) is 21.9 Å². The number of hydrogen-bond donors (Lipinski definition) is 2. The molecule has 3 N–H and O–H groups in total. The molecule has 2 unspecified atom stereocenters. The molecule has 0 spiro atoms. The first-order chi connectivity index (χ1) is 9.31. The lowest BCUT2D eigenvalue weighted by molar-refractivity contribution is 0.215. The van der Waals surface area contributed by atoms with Crippen molar-refractivity contribution in [2.24, 2.45) is 17.2 Å². The van der Waals surface area contributed by atoms with Crippen molar-refractivity contribution in [2.75, 3.05) is 0 Å². The fraction of sp³-hybridized carbons (Fsp3) is 0.500. The molecule has 2 rings (SSSR count). The number of benzene rings is 1. The van der Waals surface area contributed by atoms with Crippen molar-refractivity contribution in [3.05, 3.63) is 35.0 Å². The van der Waals surface area contributed by atoms with E-state index < -0.39 is 0 Å². The monoisotopic (exact) mass is 294 g/mol. The second-order valence-corrected chi connectivity index (χ2v) is 6.99. The second-order valence-electron chi connectivity index (χ2n) is 6.55. The summed E-state index contributed by atoms with van der Waals surface area (Å²) in [6.07, 6.45) is 0.924. The quantitative estimate of drug-likeness (QED) is 0.637. The first kappa shape index (κ1) is 15.4. The summed E-state index contributed by atoms with van der Waals surface area (Å²) in [6.45, 7) is 8.96. The summed E-state index contributed by atoms with van der Waals surface area (Å²) in [4.78, 5) is 0. The van der Waals surface area contributed by atoms with Crippen LogP contribution in [-0.4, -0.2) is 0 Å². The van der Waals surface area contributed by atoms with Crippen molar-refractivity contribution in [2.45, 2.75) is 40.2 Å². The molecule has 110 valence electrons. The van der Waals surface area contributed by atoms with Crippen molar-refractivity contribution in [3.8, 4) is 0 Å². The van der Waals surface area contributed by atoms with Gasteiger partial charge in [-0.25, -0.2) is 5.43 Å². The van der Waals surface area contributed by atoms with Crippen LogP contribution in [0.2, 0.25) is 5.02 Å². The molecule has 0 radical (unpaired) electrons. The molecule has 4 heteroatoms. The molecule has 20 heavy (non-hydrogen) atoms. The maximum atomic E-state index is 6.00. The Labute approximate surface area is 125 Å². The molecule has 0 aliphatic heterocycles. The normalized spacial score (nSPS) is 15.5. The Hall–Kier alpha value is -1.03. The predicted molar refractivity (Wildman–Crippen MR) is 84.5 cm³/mol. The molecule has 0 saturated heterocycles. The van der Waals surface area contributed by atoms with Gasteiger partial charge in [-0.1, -0.05) is 39.3 Å². The van der Waals surface area contributed by atoms with Gasteiger partial charge in [-0.2, -0.15) is 0 Å². The molecule has 0 amide bonds. The lowest BCUT2D eigenvalue weighted by Gasteiger charge is -2.29. The lowest BCUT2D eigenvalue weighted by atomic mass is 9.78. The summed E-state index contributed by atoms with van der Waals surface area (Å²) in [5.74, 6) is 7.09. The number of nitrogens with two attached hydrogens (primary N) is 1. The molecule has 1 heterocycles. The molecule has 1 aromatic heterocycles. The molecule has 0 aliphatic carbocycles. The van der Waals surface area contributed by atoms with Gasteiger partial charge in [0.2, 0.25) is 0 Å². The minimum Gasteiger partial charge on any atom is -0.459 e. The highest BCUT2D eigenvalue weighted by Crippen LogP contribution is 2.35. The van der Waals surface area contributed by atoms with Crippen LogP contribution < -0.4 is 11.3 Å². The largest absolute Gasteiger partial charge is 0.459 e. The smallest absolute Gasteiger partial charge is 0.134 e. The number of nitrogens with one attached hydrogen (secondary N) is 1. The van der Waals surface area contributed by atoms with Crippen LogP contribution in [0, 0.1) is 11.3 Å². The Kier molecular flexibility index (Phi) is 4.43. The summed E-state index contributed by atoms with van der Waals surface area (Å²) in [6, 6.07) is 7.66. The van der Waals surface area contributed by atoms with Crippen molar-refractivity contribution in [1.82, 2.24) is 5.43 Å². The van der Waals surface area contributed by atoms with Gasteiger partial charge in [0, 0.05) is 10.4 Å². The van der Waals surface area contributed by atoms with Crippen molar-refractivity contribution in [1.29, 1.82) is 0 Å². The Bertz CT molecular complexity index is 586. The molecule has 3 nitrogen and oxygen atoms in total. The van der Waals surface area contributed by atoms with E-state index in [9.17, 15) is 0 Å². The summed E-state index contributed by atoms with van der Waals surface area (Å²) >= 11 is 6.00. The molecule has 1 aromatic carbocycles. The standard InChI is InChI=1S/C16H23ClN2O/c1-10(16(2,3)4)7-13(19-18)15-9-11-8-12(17)5-6-14(11)20-15/h5-6,8-10,13,19H,7,18H2,1-4H3. The van der Waals surface area contributed by atoms with Crippen LogP contribution in [0.4, 0.5) is 0 Å². The molecule has 2 atom stereocenters. The highest BCUT2D eigenvalue weighted by atomic mass is 35.5. The molecule has 2 aromatic rings. The zero-order valence-corrected chi connectivity index (χ0v) is 13.3. The van der Waals surface area contributed by atoms with Crippen LogP contribution in [0.5, 0.6) is 0 Å². The highest BCUT2D eigenvalue weighted by Gasteiger charge is 2.25. The summed E-state index contributed by atoms with van der Waals surface area (Å²) < 4.78 is 5.89. The first-order valence-corrected chi connectivity index (χ1v) is 7.34. The van der Waals surface area contributed by atoms with Crippen molar-refractivity contribution < 1.29 is 4.42 Å². The average molecular weight is 295 g/mol. The Morgan fingerprint density at radius 3 is 2.60 bits per heavy atom. The van der Waals surface area contributed by atoms with Crippen LogP contribution >= 0.6 is 11.6 Å². The Balaban J connectivity index is 2.25. The zero-order chi connectivity index (χ0) is 14.9. The molecular formula is C16H23ClN2O. The van der Waals surface area contributed by atoms with E-state index in [1.165, 1.54) is 0 Å². The van der Waals surface area contributed by atoms with E-state index in [1.807, 2.05) is 24.3 Å². The van der Waals surface area contributed by atoms with Gasteiger partial charge in [0.15, 0.2) is 0 Å². The van der Waals surface area contributed by atoms with E-state index >= 15 is 0 Å². The lowest BCUT2D eigenvalue weighted by Crippen LogP contribution is -2.31. The minimum atomic E-state index is 0.00963. The maximum Gasteiger partial charge on any atom is 0.134 e. The van der Waals surface area contributed by atoms with Crippen molar-refractivity contribution in [3.63, 3.8) is 0 Å². The van der Waals surface area contributed by atoms with Crippen molar-refractivity contribution >= 4 is 22.6 Å². The van der Waals surface area contributed by atoms with Gasteiger partial charge >= 0.3 is 0 Å². The summed E-state index contributed by atoms with van der Waals surface area (Å²) in [5.41, 5.74) is 3.95. The zero-order valence-electron chi connectivity index (χ0n) is 12.5. The average Bonchev–Trinajstić information content (AvgIpc) is 2.76. The number of hydrogen-bond acceptors (Lipinski definition) is 3. The maximum absolute atomic E-state index is 6.00. The number of furan rings is 1. The number of fused-ring (bicyclic) bond motifs is 1. The minimum absolute atomic E-state index is 0.00963. The Morgan fingerprint density at radius 1 is 1.30 bits per heavy atom. The fourth-order valence-electron chi connectivity index (χ4n) is 2.18. The van der Waals surface area contributed by atoms with E-state index in [0.717, 1.165) is 23.2 Å². The van der Waals surface area contributed by atoms with E-state index in [1.54, 1.807) is 0 Å². The Morgan fingerprint density at radius 2 is 2.00 bits per heavy atom. The SMILES string of the molecule is CC(CC(NN)c1cc2cc(Cl)ccc2o1)C(C)(C)C. The second kappa shape index (κ2) is 5.76. The topological polar surface area (TPSA) is 51.2 Å². The van der Waals surface area contributed by atoms with Gasteiger partial charge < -0.3 is 4.42 Å². The summed E-state index contributed by atoms with van der Waals surface area (Å²) in [5, 5.41) is 1.72. The molecule has 0 fully saturated rings. The van der Waals surface area contributed by atoms with Crippen LogP contribution in [0.25, 0.3) is 11.0 Å². The number of rotatable bonds is 4. The van der Waals surface area contributed by atoms with E-state index in [-0.39, 0.29) is 11.5 Å². The van der Waals surface area contributed by atoms with Gasteiger partial charge in [0.1, 0.15) is 11.3 Å². The third-order valence-corrected chi connectivity index (χ3v) is 4.34. The predicted octanol–water partition coefficient (Wildman–Crippen LogP) is 4.66. The van der Waals surface area contributed by atoms with Crippen LogP contribution in [0.3, 0.4) is 0 Å². The van der Waals surface area contributed by atoms with Gasteiger partial charge in [-0.05, 0) is 42.0 Å². The third kappa shape index (κ3) is 3.35. The van der Waals surface area contributed by atoms with Crippen LogP contribution in [0.15, 0.2) is 28.7 Å².